The number of pyridine rings is 1. The number of carbonyl (C=O) groups is 2. The van der Waals surface area contributed by atoms with E-state index in [0.717, 1.165) is 57.2 Å². The van der Waals surface area contributed by atoms with Gasteiger partial charge in [-0.1, -0.05) is 36.4 Å². The molecule has 2 fully saturated rings. The molecule has 30 heavy (non-hydrogen) atoms. The summed E-state index contributed by atoms with van der Waals surface area (Å²) < 4.78 is 0. The van der Waals surface area contributed by atoms with Crippen LogP contribution >= 0.6 is 0 Å². The predicted octanol–water partition coefficient (Wildman–Crippen LogP) is 3.63. The molecule has 2 aromatic rings. The summed E-state index contributed by atoms with van der Waals surface area (Å²) in [6, 6.07) is 14.1. The van der Waals surface area contributed by atoms with Crippen LogP contribution in [0.15, 0.2) is 54.9 Å². The van der Waals surface area contributed by atoms with Gasteiger partial charge in [0, 0.05) is 44.9 Å². The molecule has 5 heteroatoms. The summed E-state index contributed by atoms with van der Waals surface area (Å²) in [5.41, 5.74) is 2.14. The Labute approximate surface area is 179 Å². The summed E-state index contributed by atoms with van der Waals surface area (Å²) in [5, 5.41) is 0. The maximum atomic E-state index is 13.1. The third kappa shape index (κ3) is 4.72. The SMILES string of the molecule is O=C(CCc1cccnc1)N1CCC[C@@]2(CCCN2C(=O)CCc2ccccc2)C1. The molecular weight excluding hydrogens is 374 g/mol. The van der Waals surface area contributed by atoms with Crippen molar-refractivity contribution in [2.45, 2.75) is 56.9 Å². The normalized spacial score (nSPS) is 21.2. The van der Waals surface area contributed by atoms with Gasteiger partial charge in [0.1, 0.15) is 0 Å². The van der Waals surface area contributed by atoms with Crippen molar-refractivity contribution in [2.24, 2.45) is 0 Å². The number of hydrogen-bond donors (Lipinski definition) is 0. The minimum atomic E-state index is -0.157. The van der Waals surface area contributed by atoms with Crippen LogP contribution in [0.3, 0.4) is 0 Å². The highest BCUT2D eigenvalue weighted by atomic mass is 16.2. The van der Waals surface area contributed by atoms with Crippen molar-refractivity contribution in [3.05, 3.63) is 66.0 Å². The fraction of sp³-hybridized carbons (Fsp3) is 0.480. The Hall–Kier alpha value is -2.69. The van der Waals surface area contributed by atoms with Crippen LogP contribution < -0.4 is 0 Å². The molecule has 0 bridgehead atoms. The van der Waals surface area contributed by atoms with Crippen LogP contribution in [-0.4, -0.2) is 51.8 Å². The second-order valence-electron chi connectivity index (χ2n) is 8.64. The van der Waals surface area contributed by atoms with E-state index in [9.17, 15) is 9.59 Å². The van der Waals surface area contributed by atoms with Gasteiger partial charge in [0.15, 0.2) is 0 Å². The molecule has 2 aliphatic rings. The van der Waals surface area contributed by atoms with Crippen LogP contribution in [-0.2, 0) is 22.4 Å². The number of likely N-dealkylation sites (tertiary alicyclic amines) is 2. The van der Waals surface area contributed by atoms with Crippen molar-refractivity contribution in [3.8, 4) is 0 Å². The van der Waals surface area contributed by atoms with Crippen molar-refractivity contribution in [1.82, 2.24) is 14.8 Å². The Kier molecular flexibility index (Phi) is 6.46. The molecule has 1 atom stereocenters. The van der Waals surface area contributed by atoms with E-state index in [1.165, 1.54) is 5.56 Å². The molecule has 0 aliphatic carbocycles. The van der Waals surface area contributed by atoms with E-state index in [-0.39, 0.29) is 17.4 Å². The number of aryl methyl sites for hydroxylation is 2. The zero-order valence-electron chi connectivity index (χ0n) is 17.6. The lowest BCUT2D eigenvalue weighted by Crippen LogP contribution is -2.58. The number of carbonyl (C=O) groups excluding carboxylic acids is 2. The lowest BCUT2D eigenvalue weighted by molar-refractivity contribution is -0.143. The van der Waals surface area contributed by atoms with E-state index in [4.69, 9.17) is 0 Å². The number of amides is 2. The molecule has 2 amide bonds. The van der Waals surface area contributed by atoms with Gasteiger partial charge in [-0.05, 0) is 55.7 Å². The fourth-order valence-electron chi connectivity index (χ4n) is 5.06. The minimum absolute atomic E-state index is 0.157. The van der Waals surface area contributed by atoms with Gasteiger partial charge < -0.3 is 9.80 Å². The van der Waals surface area contributed by atoms with Crippen molar-refractivity contribution >= 4 is 11.8 Å². The van der Waals surface area contributed by atoms with Crippen LogP contribution in [0.4, 0.5) is 0 Å². The number of hydrogen-bond acceptors (Lipinski definition) is 3. The first-order chi connectivity index (χ1) is 14.7. The Bertz CT molecular complexity index is 855. The van der Waals surface area contributed by atoms with Crippen molar-refractivity contribution in [1.29, 1.82) is 0 Å². The van der Waals surface area contributed by atoms with Gasteiger partial charge >= 0.3 is 0 Å². The van der Waals surface area contributed by atoms with Gasteiger partial charge in [-0.25, -0.2) is 0 Å². The summed E-state index contributed by atoms with van der Waals surface area (Å²) in [4.78, 5) is 34.2. The average Bonchev–Trinajstić information content (AvgIpc) is 3.19. The Balaban J connectivity index is 1.36. The lowest BCUT2D eigenvalue weighted by Gasteiger charge is -2.46. The highest BCUT2D eigenvalue weighted by Gasteiger charge is 2.46. The molecule has 2 aliphatic heterocycles. The van der Waals surface area contributed by atoms with E-state index >= 15 is 0 Å². The molecule has 0 saturated carbocycles. The number of piperidine rings is 1. The zero-order chi connectivity index (χ0) is 20.8. The standard InChI is InChI=1S/C25H31N3O2/c29-23(12-11-22-9-4-16-26-19-22)27-17-5-14-25(20-27)15-6-18-28(25)24(30)13-10-21-7-2-1-3-8-21/h1-4,7-9,16,19H,5-6,10-15,17-18,20H2/t25-/m1/s1. The molecule has 1 aromatic carbocycles. The summed E-state index contributed by atoms with van der Waals surface area (Å²) in [7, 11) is 0. The van der Waals surface area contributed by atoms with Crippen molar-refractivity contribution in [3.63, 3.8) is 0 Å². The summed E-state index contributed by atoms with van der Waals surface area (Å²) >= 11 is 0. The molecule has 4 rings (SSSR count). The molecule has 2 saturated heterocycles. The van der Waals surface area contributed by atoms with Gasteiger partial charge in [-0.15, -0.1) is 0 Å². The first kappa shape index (κ1) is 20.6. The van der Waals surface area contributed by atoms with Crippen LogP contribution in [0.1, 0.15) is 49.7 Å². The second-order valence-corrected chi connectivity index (χ2v) is 8.64. The zero-order valence-corrected chi connectivity index (χ0v) is 17.6. The van der Waals surface area contributed by atoms with Gasteiger partial charge in [0.25, 0.3) is 0 Å². The van der Waals surface area contributed by atoms with Gasteiger partial charge in [-0.2, -0.15) is 0 Å². The molecule has 1 spiro atoms. The average molecular weight is 406 g/mol. The molecule has 0 unspecified atom stereocenters. The van der Waals surface area contributed by atoms with Crippen molar-refractivity contribution in [2.75, 3.05) is 19.6 Å². The summed E-state index contributed by atoms with van der Waals surface area (Å²) in [5.74, 6) is 0.433. The Morgan fingerprint density at radius 3 is 2.33 bits per heavy atom. The van der Waals surface area contributed by atoms with Crippen LogP contribution in [0.25, 0.3) is 0 Å². The maximum absolute atomic E-state index is 13.1. The third-order valence-corrected chi connectivity index (χ3v) is 6.63. The van der Waals surface area contributed by atoms with Crippen LogP contribution in [0.5, 0.6) is 0 Å². The fourth-order valence-corrected chi connectivity index (χ4v) is 5.06. The van der Waals surface area contributed by atoms with E-state index in [1.807, 2.05) is 41.4 Å². The topological polar surface area (TPSA) is 53.5 Å². The van der Waals surface area contributed by atoms with Gasteiger partial charge in [0.05, 0.1) is 5.54 Å². The monoisotopic (exact) mass is 405 g/mol. The predicted molar refractivity (Wildman–Crippen MR) is 117 cm³/mol. The summed E-state index contributed by atoms with van der Waals surface area (Å²) in [6.45, 7) is 2.32. The first-order valence-corrected chi connectivity index (χ1v) is 11.2. The second kappa shape index (κ2) is 9.41. The Morgan fingerprint density at radius 2 is 1.57 bits per heavy atom. The quantitative estimate of drug-likeness (QED) is 0.737. The highest BCUT2D eigenvalue weighted by Crippen LogP contribution is 2.38. The highest BCUT2D eigenvalue weighted by molar-refractivity contribution is 5.79. The minimum Gasteiger partial charge on any atom is -0.340 e. The van der Waals surface area contributed by atoms with Gasteiger partial charge in [-0.3, -0.25) is 14.6 Å². The Morgan fingerprint density at radius 1 is 0.867 bits per heavy atom. The number of nitrogens with zero attached hydrogens (tertiary/aromatic N) is 3. The van der Waals surface area contributed by atoms with E-state index in [1.54, 1.807) is 6.20 Å². The number of aromatic nitrogens is 1. The number of rotatable bonds is 6. The molecule has 158 valence electrons. The van der Waals surface area contributed by atoms with Crippen LogP contribution in [0.2, 0.25) is 0 Å². The maximum Gasteiger partial charge on any atom is 0.223 e. The van der Waals surface area contributed by atoms with Gasteiger partial charge in [0.2, 0.25) is 11.8 Å². The van der Waals surface area contributed by atoms with E-state index < -0.39 is 0 Å². The van der Waals surface area contributed by atoms with Crippen LogP contribution in [0, 0.1) is 0 Å². The van der Waals surface area contributed by atoms with Crippen molar-refractivity contribution < 1.29 is 9.59 Å². The largest absolute Gasteiger partial charge is 0.340 e. The molecule has 0 N–H and O–H groups in total. The first-order valence-electron chi connectivity index (χ1n) is 11.2. The molecule has 5 nitrogen and oxygen atoms in total. The third-order valence-electron chi connectivity index (χ3n) is 6.63. The summed E-state index contributed by atoms with van der Waals surface area (Å²) in [6.07, 6.45) is 10.2. The van der Waals surface area contributed by atoms with E-state index in [2.05, 4.69) is 22.0 Å². The lowest BCUT2D eigenvalue weighted by atomic mass is 9.85. The molecule has 1 aromatic heterocycles. The molecule has 0 radical (unpaired) electrons. The number of benzene rings is 1. The molecule has 3 heterocycles. The molecular formula is C25H31N3O2. The van der Waals surface area contributed by atoms with E-state index in [0.29, 0.717) is 19.4 Å². The smallest absolute Gasteiger partial charge is 0.223 e.